The third-order valence-corrected chi connectivity index (χ3v) is 5.77. The molecule has 0 aromatic carbocycles. The van der Waals surface area contributed by atoms with E-state index in [2.05, 4.69) is 0 Å². The van der Waals surface area contributed by atoms with Crippen LogP contribution in [0.2, 0.25) is 0 Å². The molecule has 2 N–H and O–H groups in total. The number of allylic oxidation sites excluding steroid dienone is 1. The smallest absolute Gasteiger partial charge is 0.315 e. The molecular formula is C17H26O4. The Bertz CT molecular complexity index is 532. The summed E-state index contributed by atoms with van der Waals surface area (Å²) >= 11 is 0. The molecular weight excluding hydrogens is 268 g/mol. The molecule has 0 aromatic heterocycles. The number of rotatable bonds is 2. The maximum absolute atomic E-state index is 12.4. The zero-order valence-corrected chi connectivity index (χ0v) is 13.8. The summed E-state index contributed by atoms with van der Waals surface area (Å²) in [6, 6.07) is 0. The summed E-state index contributed by atoms with van der Waals surface area (Å²) in [5.41, 5.74) is -3.15. The van der Waals surface area contributed by atoms with Crippen molar-refractivity contribution in [3.63, 3.8) is 0 Å². The van der Waals surface area contributed by atoms with Gasteiger partial charge in [-0.3, -0.25) is 9.59 Å². The SMILES string of the molecule is CC(C)(C)C1(C(=O)O)C2=CCC(C2)C1(C(=O)O)C(C)(C)C. The van der Waals surface area contributed by atoms with Gasteiger partial charge in [0.1, 0.15) is 5.41 Å². The Morgan fingerprint density at radius 2 is 1.57 bits per heavy atom. The van der Waals surface area contributed by atoms with Crippen molar-refractivity contribution in [1.29, 1.82) is 0 Å². The topological polar surface area (TPSA) is 74.6 Å². The molecule has 0 heterocycles. The maximum Gasteiger partial charge on any atom is 0.315 e. The molecule has 0 radical (unpaired) electrons. The first-order valence-electron chi connectivity index (χ1n) is 7.51. The van der Waals surface area contributed by atoms with E-state index < -0.39 is 33.6 Å². The Kier molecular flexibility index (Phi) is 3.14. The van der Waals surface area contributed by atoms with Gasteiger partial charge in [0.2, 0.25) is 0 Å². The number of hydrogen-bond acceptors (Lipinski definition) is 2. The number of carbonyl (C=O) groups is 2. The summed E-state index contributed by atoms with van der Waals surface area (Å²) in [6.45, 7) is 11.2. The first kappa shape index (κ1) is 16.1. The largest absolute Gasteiger partial charge is 0.481 e. The molecule has 1 fully saturated rings. The van der Waals surface area contributed by atoms with E-state index in [1.54, 1.807) is 0 Å². The van der Waals surface area contributed by atoms with Crippen LogP contribution in [0.5, 0.6) is 0 Å². The van der Waals surface area contributed by atoms with Gasteiger partial charge in [0.15, 0.2) is 0 Å². The molecule has 2 rings (SSSR count). The average molecular weight is 294 g/mol. The molecule has 1 saturated carbocycles. The quantitative estimate of drug-likeness (QED) is 0.763. The van der Waals surface area contributed by atoms with E-state index in [4.69, 9.17) is 0 Å². The summed E-state index contributed by atoms with van der Waals surface area (Å²) in [5, 5.41) is 20.3. The van der Waals surface area contributed by atoms with Gasteiger partial charge < -0.3 is 10.2 Å². The Morgan fingerprint density at radius 3 is 1.86 bits per heavy atom. The predicted octanol–water partition coefficient (Wildman–Crippen LogP) is 3.57. The Hall–Kier alpha value is -1.32. The lowest BCUT2D eigenvalue weighted by Gasteiger charge is -2.57. The lowest BCUT2D eigenvalue weighted by Crippen LogP contribution is -2.64. The molecule has 2 aliphatic rings. The summed E-state index contributed by atoms with van der Waals surface area (Å²) in [6.07, 6.45) is 3.23. The van der Waals surface area contributed by atoms with Gasteiger partial charge in [-0.1, -0.05) is 53.2 Å². The van der Waals surface area contributed by atoms with Crippen LogP contribution >= 0.6 is 0 Å². The summed E-state index contributed by atoms with van der Waals surface area (Å²) in [4.78, 5) is 24.9. The standard InChI is InChI=1S/C17H26O4/c1-14(2,3)16(12(18)19)10-7-8-11(9-10)17(16,13(20)21)15(4,5)6/h7,11H,8-9H2,1-6H3,(H,18,19)(H,20,21). The number of carboxylic acids is 2. The number of carboxylic acid groups (broad SMARTS) is 2. The van der Waals surface area contributed by atoms with Crippen LogP contribution in [0.25, 0.3) is 0 Å². The van der Waals surface area contributed by atoms with Crippen LogP contribution in [0.1, 0.15) is 54.4 Å². The molecule has 2 bridgehead atoms. The van der Waals surface area contributed by atoms with Gasteiger partial charge in [0.05, 0.1) is 5.41 Å². The normalized spacial score (nSPS) is 35.7. The van der Waals surface area contributed by atoms with Crippen LogP contribution in [-0.4, -0.2) is 22.2 Å². The van der Waals surface area contributed by atoms with Crippen molar-refractivity contribution in [2.75, 3.05) is 0 Å². The maximum atomic E-state index is 12.4. The van der Waals surface area contributed by atoms with Crippen molar-refractivity contribution in [1.82, 2.24) is 0 Å². The molecule has 3 atom stereocenters. The molecule has 21 heavy (non-hydrogen) atoms. The van der Waals surface area contributed by atoms with E-state index in [0.29, 0.717) is 12.8 Å². The molecule has 2 aliphatic carbocycles. The second kappa shape index (κ2) is 4.11. The Morgan fingerprint density at radius 1 is 1.05 bits per heavy atom. The zero-order valence-electron chi connectivity index (χ0n) is 13.8. The van der Waals surface area contributed by atoms with Crippen molar-refractivity contribution < 1.29 is 19.8 Å². The fraction of sp³-hybridized carbons (Fsp3) is 0.765. The number of fused-ring (bicyclic) bond motifs is 2. The molecule has 4 heteroatoms. The fourth-order valence-electron chi connectivity index (χ4n) is 5.44. The van der Waals surface area contributed by atoms with Gasteiger partial charge in [0, 0.05) is 0 Å². The van der Waals surface area contributed by atoms with Gasteiger partial charge in [-0.2, -0.15) is 0 Å². The molecule has 118 valence electrons. The van der Waals surface area contributed by atoms with Crippen molar-refractivity contribution in [2.45, 2.75) is 54.4 Å². The van der Waals surface area contributed by atoms with E-state index in [1.807, 2.05) is 47.6 Å². The summed E-state index contributed by atoms with van der Waals surface area (Å²) < 4.78 is 0. The van der Waals surface area contributed by atoms with Crippen molar-refractivity contribution in [2.24, 2.45) is 27.6 Å². The third kappa shape index (κ3) is 1.51. The van der Waals surface area contributed by atoms with E-state index in [9.17, 15) is 19.8 Å². The Labute approximate surface area is 126 Å². The van der Waals surface area contributed by atoms with Crippen LogP contribution in [0.4, 0.5) is 0 Å². The highest BCUT2D eigenvalue weighted by Crippen LogP contribution is 2.75. The lowest BCUT2D eigenvalue weighted by molar-refractivity contribution is -0.198. The number of aliphatic carboxylic acids is 2. The van der Waals surface area contributed by atoms with Gasteiger partial charge in [-0.05, 0) is 29.6 Å². The number of hydrogen-bond donors (Lipinski definition) is 2. The first-order valence-corrected chi connectivity index (χ1v) is 7.51. The van der Waals surface area contributed by atoms with Gasteiger partial charge in [0.25, 0.3) is 0 Å². The minimum atomic E-state index is -1.35. The molecule has 3 unspecified atom stereocenters. The predicted molar refractivity (Wildman–Crippen MR) is 79.9 cm³/mol. The van der Waals surface area contributed by atoms with Crippen LogP contribution in [0, 0.1) is 27.6 Å². The Balaban J connectivity index is 2.95. The van der Waals surface area contributed by atoms with Crippen molar-refractivity contribution in [3.8, 4) is 0 Å². The molecule has 0 aliphatic heterocycles. The molecule has 0 aromatic rings. The van der Waals surface area contributed by atoms with Crippen LogP contribution < -0.4 is 0 Å². The highest BCUT2D eigenvalue weighted by molar-refractivity contribution is 5.93. The fourth-order valence-corrected chi connectivity index (χ4v) is 5.44. The first-order chi connectivity index (χ1) is 9.35. The molecule has 4 nitrogen and oxygen atoms in total. The lowest BCUT2D eigenvalue weighted by atomic mass is 9.42. The summed E-state index contributed by atoms with van der Waals surface area (Å²) in [5.74, 6) is -2.11. The van der Waals surface area contributed by atoms with Gasteiger partial charge >= 0.3 is 11.9 Å². The highest BCUT2D eigenvalue weighted by Gasteiger charge is 2.79. The van der Waals surface area contributed by atoms with Crippen LogP contribution in [-0.2, 0) is 9.59 Å². The second-order valence-corrected chi connectivity index (χ2v) is 8.53. The zero-order chi connectivity index (χ0) is 16.4. The van der Waals surface area contributed by atoms with Crippen LogP contribution in [0.3, 0.4) is 0 Å². The van der Waals surface area contributed by atoms with E-state index >= 15 is 0 Å². The third-order valence-electron chi connectivity index (χ3n) is 5.77. The van der Waals surface area contributed by atoms with Gasteiger partial charge in [-0.25, -0.2) is 0 Å². The minimum absolute atomic E-state index is 0.139. The van der Waals surface area contributed by atoms with Crippen molar-refractivity contribution >= 4 is 11.9 Å². The van der Waals surface area contributed by atoms with Crippen molar-refractivity contribution in [3.05, 3.63) is 11.6 Å². The van der Waals surface area contributed by atoms with E-state index in [0.717, 1.165) is 5.57 Å². The summed E-state index contributed by atoms with van der Waals surface area (Å²) in [7, 11) is 0. The monoisotopic (exact) mass is 294 g/mol. The highest BCUT2D eigenvalue weighted by atomic mass is 16.4. The molecule has 0 saturated heterocycles. The minimum Gasteiger partial charge on any atom is -0.481 e. The van der Waals surface area contributed by atoms with Crippen LogP contribution in [0.15, 0.2) is 11.6 Å². The van der Waals surface area contributed by atoms with Gasteiger partial charge in [-0.15, -0.1) is 0 Å². The van der Waals surface area contributed by atoms with E-state index in [1.165, 1.54) is 0 Å². The molecule has 0 amide bonds. The van der Waals surface area contributed by atoms with E-state index in [-0.39, 0.29) is 5.92 Å². The molecule has 0 spiro atoms. The average Bonchev–Trinajstić information content (AvgIpc) is 2.81. The second-order valence-electron chi connectivity index (χ2n) is 8.53.